The van der Waals surface area contributed by atoms with Crippen LogP contribution in [0.15, 0.2) is 47.4 Å². The number of nitrogens with zero attached hydrogens (tertiary/aromatic N) is 1. The van der Waals surface area contributed by atoms with Gasteiger partial charge in [-0.2, -0.15) is 0 Å². The number of anilines is 1. The maximum atomic E-state index is 12.7. The number of ether oxygens (including phenoxy) is 3. The first kappa shape index (κ1) is 15.6. The molecule has 126 valence electrons. The van der Waals surface area contributed by atoms with Crippen LogP contribution in [0.4, 0.5) is 10.5 Å². The Labute approximate surface area is 148 Å². The molecule has 0 unspecified atom stereocenters. The van der Waals surface area contributed by atoms with E-state index < -0.39 is 0 Å². The average molecular weight is 355 g/mol. The molecule has 4 rings (SSSR count). The Hall–Kier alpha value is -2.93. The minimum absolute atomic E-state index is 0.145. The molecule has 2 aromatic rings. The van der Waals surface area contributed by atoms with E-state index in [9.17, 15) is 9.59 Å². The molecule has 2 aliphatic heterocycles. The second kappa shape index (κ2) is 6.18. The summed E-state index contributed by atoms with van der Waals surface area (Å²) in [6.07, 6.45) is 1.63. The monoisotopic (exact) mass is 355 g/mol. The molecule has 0 spiro atoms. The van der Waals surface area contributed by atoms with Crippen molar-refractivity contribution in [2.75, 3.05) is 18.8 Å². The Balaban J connectivity index is 1.71. The lowest BCUT2D eigenvalue weighted by Crippen LogP contribution is -2.27. The van der Waals surface area contributed by atoms with E-state index in [1.807, 2.05) is 6.07 Å². The predicted molar refractivity (Wildman–Crippen MR) is 94.0 cm³/mol. The molecule has 1 fully saturated rings. The van der Waals surface area contributed by atoms with Gasteiger partial charge in [0.05, 0.1) is 17.7 Å². The van der Waals surface area contributed by atoms with Gasteiger partial charge < -0.3 is 14.2 Å². The van der Waals surface area contributed by atoms with Crippen molar-refractivity contribution in [2.24, 2.45) is 0 Å². The number of methoxy groups -OCH3 is 1. The van der Waals surface area contributed by atoms with Crippen LogP contribution in [0.1, 0.15) is 5.56 Å². The number of amides is 2. The van der Waals surface area contributed by atoms with Crippen LogP contribution in [-0.2, 0) is 4.79 Å². The van der Waals surface area contributed by atoms with Gasteiger partial charge in [0.1, 0.15) is 5.75 Å². The van der Waals surface area contributed by atoms with Gasteiger partial charge in [-0.25, -0.2) is 4.90 Å². The van der Waals surface area contributed by atoms with Crippen molar-refractivity contribution < 1.29 is 23.8 Å². The number of rotatable bonds is 3. The Bertz CT molecular complexity index is 894. The maximum Gasteiger partial charge on any atom is 0.298 e. The number of benzene rings is 2. The van der Waals surface area contributed by atoms with Gasteiger partial charge in [-0.15, -0.1) is 0 Å². The van der Waals surface area contributed by atoms with Crippen LogP contribution in [0, 0.1) is 0 Å². The number of carbonyl (C=O) groups is 2. The van der Waals surface area contributed by atoms with E-state index in [1.54, 1.807) is 42.5 Å². The summed E-state index contributed by atoms with van der Waals surface area (Å²) in [7, 11) is 1.53. The minimum Gasteiger partial charge on any atom is -0.496 e. The first-order valence-electron chi connectivity index (χ1n) is 7.48. The van der Waals surface area contributed by atoms with Gasteiger partial charge in [0.2, 0.25) is 6.79 Å². The van der Waals surface area contributed by atoms with Crippen LogP contribution in [0.3, 0.4) is 0 Å². The number of imide groups is 1. The van der Waals surface area contributed by atoms with Crippen molar-refractivity contribution in [2.45, 2.75) is 0 Å². The standard InChI is InChI=1S/C18H13NO5S/c1-22-13-9-15-14(23-10-24-15)7-11(13)8-16-17(20)19(18(21)25-16)12-5-3-2-4-6-12/h2-9H,10H2,1H3/b16-8-. The zero-order valence-corrected chi connectivity index (χ0v) is 14.0. The third-order valence-electron chi connectivity index (χ3n) is 3.82. The molecule has 2 heterocycles. The normalized spacial score (nSPS) is 17.5. The van der Waals surface area contributed by atoms with Crippen molar-refractivity contribution in [1.29, 1.82) is 0 Å². The van der Waals surface area contributed by atoms with Crippen LogP contribution in [0.25, 0.3) is 6.08 Å². The van der Waals surface area contributed by atoms with Gasteiger partial charge in [-0.05, 0) is 36.0 Å². The Kier molecular flexibility index (Phi) is 3.85. The summed E-state index contributed by atoms with van der Waals surface area (Å²) in [5, 5.41) is -0.331. The molecule has 0 atom stereocenters. The third-order valence-corrected chi connectivity index (χ3v) is 4.69. The van der Waals surface area contributed by atoms with Crippen molar-refractivity contribution in [3.63, 3.8) is 0 Å². The molecule has 0 saturated carbocycles. The minimum atomic E-state index is -0.360. The summed E-state index contributed by atoms with van der Waals surface area (Å²) in [5.41, 5.74) is 1.19. The van der Waals surface area contributed by atoms with Crippen molar-refractivity contribution in [3.05, 3.63) is 52.9 Å². The lowest BCUT2D eigenvalue weighted by atomic mass is 10.1. The van der Waals surface area contributed by atoms with Crippen LogP contribution in [0.5, 0.6) is 17.2 Å². The van der Waals surface area contributed by atoms with Gasteiger partial charge in [0.25, 0.3) is 11.1 Å². The molecule has 0 radical (unpaired) electrons. The molecular weight excluding hydrogens is 342 g/mol. The maximum absolute atomic E-state index is 12.7. The second-order valence-corrected chi connectivity index (χ2v) is 6.29. The summed E-state index contributed by atoms with van der Waals surface area (Å²) in [5.74, 6) is 1.34. The fourth-order valence-corrected chi connectivity index (χ4v) is 3.47. The van der Waals surface area contributed by atoms with Crippen LogP contribution in [0.2, 0.25) is 0 Å². The lowest BCUT2D eigenvalue weighted by molar-refractivity contribution is -0.113. The molecule has 0 N–H and O–H groups in total. The molecule has 6 nitrogen and oxygen atoms in total. The summed E-state index contributed by atoms with van der Waals surface area (Å²) < 4.78 is 16.0. The van der Waals surface area contributed by atoms with Gasteiger partial charge in [0.15, 0.2) is 11.5 Å². The molecule has 7 heteroatoms. The topological polar surface area (TPSA) is 65.1 Å². The predicted octanol–water partition coefficient (Wildman–Crippen LogP) is 3.66. The highest BCUT2D eigenvalue weighted by atomic mass is 32.2. The van der Waals surface area contributed by atoms with E-state index in [0.29, 0.717) is 33.4 Å². The van der Waals surface area contributed by atoms with Crippen LogP contribution < -0.4 is 19.1 Å². The van der Waals surface area contributed by atoms with Crippen LogP contribution in [-0.4, -0.2) is 25.0 Å². The molecule has 2 amide bonds. The van der Waals surface area contributed by atoms with Crippen LogP contribution >= 0.6 is 11.8 Å². The summed E-state index contributed by atoms with van der Waals surface area (Å²) >= 11 is 0.895. The Morgan fingerprint density at radius 1 is 1.12 bits per heavy atom. The number of fused-ring (bicyclic) bond motifs is 1. The quantitative estimate of drug-likeness (QED) is 0.783. The van der Waals surface area contributed by atoms with Gasteiger partial charge >= 0.3 is 0 Å². The highest BCUT2D eigenvalue weighted by molar-refractivity contribution is 8.19. The molecule has 2 aromatic carbocycles. The van der Waals surface area contributed by atoms with E-state index in [2.05, 4.69) is 0 Å². The Morgan fingerprint density at radius 2 is 1.84 bits per heavy atom. The van der Waals surface area contributed by atoms with E-state index in [0.717, 1.165) is 16.7 Å². The zero-order chi connectivity index (χ0) is 17.4. The van der Waals surface area contributed by atoms with E-state index >= 15 is 0 Å². The van der Waals surface area contributed by atoms with Gasteiger partial charge in [-0.3, -0.25) is 9.59 Å². The average Bonchev–Trinajstić information content (AvgIpc) is 3.19. The number of para-hydroxylation sites is 1. The molecule has 0 bridgehead atoms. The summed E-state index contributed by atoms with van der Waals surface area (Å²) in [6.45, 7) is 0.145. The highest BCUT2D eigenvalue weighted by Gasteiger charge is 2.36. The number of hydrogen-bond donors (Lipinski definition) is 0. The fraction of sp³-hybridized carbons (Fsp3) is 0.111. The fourth-order valence-electron chi connectivity index (χ4n) is 2.64. The first-order chi connectivity index (χ1) is 12.2. The summed E-state index contributed by atoms with van der Waals surface area (Å²) in [4.78, 5) is 26.4. The molecule has 0 aromatic heterocycles. The largest absolute Gasteiger partial charge is 0.496 e. The zero-order valence-electron chi connectivity index (χ0n) is 13.2. The molecule has 1 saturated heterocycles. The van der Waals surface area contributed by atoms with Crippen molar-refractivity contribution in [3.8, 4) is 17.2 Å². The highest BCUT2D eigenvalue weighted by Crippen LogP contribution is 2.41. The van der Waals surface area contributed by atoms with E-state index in [4.69, 9.17) is 14.2 Å². The Morgan fingerprint density at radius 3 is 2.56 bits per heavy atom. The second-order valence-electron chi connectivity index (χ2n) is 5.30. The number of thioether (sulfide) groups is 1. The summed E-state index contributed by atoms with van der Waals surface area (Å²) in [6, 6.07) is 12.3. The lowest BCUT2D eigenvalue weighted by Gasteiger charge is -2.11. The molecule has 25 heavy (non-hydrogen) atoms. The van der Waals surface area contributed by atoms with E-state index in [1.165, 1.54) is 7.11 Å². The smallest absolute Gasteiger partial charge is 0.298 e. The number of carbonyl (C=O) groups excluding carboxylic acids is 2. The van der Waals surface area contributed by atoms with Crippen molar-refractivity contribution in [1.82, 2.24) is 0 Å². The molecule has 2 aliphatic rings. The van der Waals surface area contributed by atoms with Gasteiger partial charge in [-0.1, -0.05) is 18.2 Å². The first-order valence-corrected chi connectivity index (χ1v) is 8.29. The molecule has 0 aliphatic carbocycles. The number of hydrogen-bond acceptors (Lipinski definition) is 6. The molecular formula is C18H13NO5S. The van der Waals surface area contributed by atoms with Crippen molar-refractivity contribution >= 4 is 34.7 Å². The third kappa shape index (κ3) is 2.72. The van der Waals surface area contributed by atoms with E-state index in [-0.39, 0.29) is 17.9 Å². The SMILES string of the molecule is COc1cc2c(cc1/C=C1\SC(=O)N(c3ccccc3)C1=O)OCO2. The van der Waals surface area contributed by atoms with Gasteiger partial charge in [0, 0.05) is 11.6 Å².